The molecule has 0 aliphatic carbocycles. The fraction of sp³-hybridized carbons (Fsp3) is 0.350. The van der Waals surface area contributed by atoms with Crippen molar-refractivity contribution in [2.45, 2.75) is 22.6 Å². The predicted molar refractivity (Wildman–Crippen MR) is 124 cm³/mol. The first kappa shape index (κ1) is 23.4. The van der Waals surface area contributed by atoms with Crippen LogP contribution in [-0.2, 0) is 20.0 Å². The standard InChI is InChI=1S/C20H25N3O5S3/c1-22(30(3,25)26)16-8-6-7-15(13-16)21-31(27,28)17-9-10-19(29-2)18(14-17)20(24)23-11-4-5-12-23/h6-10,13-14,21H,4-5,11-12H2,1-3H3. The molecule has 0 saturated carbocycles. The highest BCUT2D eigenvalue weighted by Gasteiger charge is 2.25. The van der Waals surface area contributed by atoms with Gasteiger partial charge in [-0.15, -0.1) is 11.8 Å². The number of rotatable bonds is 7. The molecule has 1 fully saturated rings. The van der Waals surface area contributed by atoms with E-state index in [1.165, 1.54) is 43.1 Å². The van der Waals surface area contributed by atoms with E-state index in [-0.39, 0.29) is 16.5 Å². The van der Waals surface area contributed by atoms with Crippen LogP contribution in [0.15, 0.2) is 52.3 Å². The van der Waals surface area contributed by atoms with Gasteiger partial charge in [-0.1, -0.05) is 6.07 Å². The molecular weight excluding hydrogens is 458 g/mol. The molecule has 31 heavy (non-hydrogen) atoms. The van der Waals surface area contributed by atoms with Crippen molar-refractivity contribution in [1.82, 2.24) is 4.90 Å². The van der Waals surface area contributed by atoms with Crippen LogP contribution < -0.4 is 9.03 Å². The third kappa shape index (κ3) is 5.34. The number of carbonyl (C=O) groups is 1. The Morgan fingerprint density at radius 3 is 2.35 bits per heavy atom. The molecule has 0 spiro atoms. The molecule has 0 unspecified atom stereocenters. The number of nitrogens with zero attached hydrogens (tertiary/aromatic N) is 2. The minimum atomic E-state index is -3.99. The predicted octanol–water partition coefficient (Wildman–Crippen LogP) is 2.84. The summed E-state index contributed by atoms with van der Waals surface area (Å²) in [5, 5.41) is 0. The summed E-state index contributed by atoms with van der Waals surface area (Å²) >= 11 is 1.39. The normalized spacial score (nSPS) is 14.5. The van der Waals surface area contributed by atoms with Crippen molar-refractivity contribution in [2.24, 2.45) is 0 Å². The van der Waals surface area contributed by atoms with Crippen molar-refractivity contribution in [3.8, 4) is 0 Å². The van der Waals surface area contributed by atoms with Gasteiger partial charge in [0.15, 0.2) is 0 Å². The van der Waals surface area contributed by atoms with Crippen molar-refractivity contribution in [3.63, 3.8) is 0 Å². The molecule has 3 rings (SSSR count). The Labute approximate surface area is 187 Å². The summed E-state index contributed by atoms with van der Waals surface area (Å²) in [6.07, 6.45) is 4.79. The van der Waals surface area contributed by atoms with Crippen molar-refractivity contribution in [2.75, 3.05) is 41.7 Å². The van der Waals surface area contributed by atoms with Gasteiger partial charge in [-0.3, -0.25) is 13.8 Å². The van der Waals surface area contributed by atoms with E-state index in [0.29, 0.717) is 29.2 Å². The molecule has 11 heteroatoms. The van der Waals surface area contributed by atoms with Gasteiger partial charge < -0.3 is 4.90 Å². The topological polar surface area (TPSA) is 104 Å². The van der Waals surface area contributed by atoms with E-state index in [2.05, 4.69) is 4.72 Å². The molecule has 0 radical (unpaired) electrons. The Balaban J connectivity index is 1.92. The van der Waals surface area contributed by atoms with Gasteiger partial charge in [-0.05, 0) is 55.5 Å². The fourth-order valence-corrected chi connectivity index (χ4v) is 5.42. The van der Waals surface area contributed by atoms with Crippen LogP contribution in [0, 0.1) is 0 Å². The third-order valence-electron chi connectivity index (χ3n) is 5.06. The zero-order valence-corrected chi connectivity index (χ0v) is 20.0. The van der Waals surface area contributed by atoms with Crippen LogP contribution in [0.4, 0.5) is 11.4 Å². The van der Waals surface area contributed by atoms with Crippen molar-refractivity contribution in [1.29, 1.82) is 0 Å². The fourth-order valence-electron chi connectivity index (χ4n) is 3.28. The zero-order valence-electron chi connectivity index (χ0n) is 17.5. The minimum Gasteiger partial charge on any atom is -0.339 e. The van der Waals surface area contributed by atoms with Crippen LogP contribution in [0.25, 0.3) is 0 Å². The second kappa shape index (κ2) is 9.09. The molecule has 1 saturated heterocycles. The van der Waals surface area contributed by atoms with Gasteiger partial charge in [0.1, 0.15) is 0 Å². The van der Waals surface area contributed by atoms with Crippen LogP contribution in [0.5, 0.6) is 0 Å². The molecular formula is C20H25N3O5S3. The number of nitrogens with one attached hydrogen (secondary N) is 1. The summed E-state index contributed by atoms with van der Waals surface area (Å²) in [7, 11) is -6.09. The molecule has 2 aromatic rings. The first-order valence-electron chi connectivity index (χ1n) is 9.57. The third-order valence-corrected chi connectivity index (χ3v) is 8.44. The van der Waals surface area contributed by atoms with Gasteiger partial charge in [0.05, 0.1) is 28.1 Å². The Kier molecular flexibility index (Phi) is 6.87. The van der Waals surface area contributed by atoms with Crippen LogP contribution in [0.1, 0.15) is 23.2 Å². The van der Waals surface area contributed by atoms with E-state index in [4.69, 9.17) is 0 Å². The number of anilines is 2. The summed E-state index contributed by atoms with van der Waals surface area (Å²) in [5.74, 6) is -0.171. The van der Waals surface area contributed by atoms with Gasteiger partial charge in [-0.25, -0.2) is 16.8 Å². The number of hydrogen-bond acceptors (Lipinski definition) is 6. The van der Waals surface area contributed by atoms with Gasteiger partial charge in [0.25, 0.3) is 15.9 Å². The minimum absolute atomic E-state index is 0.0327. The maximum atomic E-state index is 13.0. The van der Waals surface area contributed by atoms with Gasteiger partial charge in [0, 0.05) is 25.0 Å². The van der Waals surface area contributed by atoms with Gasteiger partial charge in [-0.2, -0.15) is 0 Å². The summed E-state index contributed by atoms with van der Waals surface area (Å²) in [6, 6.07) is 10.6. The SMILES string of the molecule is CSc1ccc(S(=O)(=O)Nc2cccc(N(C)S(C)(=O)=O)c2)cc1C(=O)N1CCCC1. The maximum Gasteiger partial charge on any atom is 0.261 e. The molecule has 168 valence electrons. The number of carbonyl (C=O) groups excluding carboxylic acids is 1. The molecule has 1 aliphatic heterocycles. The lowest BCUT2D eigenvalue weighted by Crippen LogP contribution is -2.28. The number of sulfonamides is 2. The van der Waals surface area contributed by atoms with Crippen LogP contribution in [0.3, 0.4) is 0 Å². The molecule has 1 heterocycles. The zero-order chi connectivity index (χ0) is 22.8. The molecule has 0 aromatic heterocycles. The average molecular weight is 484 g/mol. The van der Waals surface area contributed by atoms with E-state index >= 15 is 0 Å². The van der Waals surface area contributed by atoms with E-state index in [1.807, 2.05) is 6.26 Å². The molecule has 8 nitrogen and oxygen atoms in total. The molecule has 0 atom stereocenters. The largest absolute Gasteiger partial charge is 0.339 e. The monoisotopic (exact) mass is 483 g/mol. The lowest BCUT2D eigenvalue weighted by molar-refractivity contribution is 0.0789. The number of benzene rings is 2. The van der Waals surface area contributed by atoms with Crippen molar-refractivity contribution >= 4 is 49.1 Å². The quantitative estimate of drug-likeness (QED) is 0.608. The molecule has 1 N–H and O–H groups in total. The summed E-state index contributed by atoms with van der Waals surface area (Å²) in [5.41, 5.74) is 0.905. The second-order valence-electron chi connectivity index (χ2n) is 7.25. The highest BCUT2D eigenvalue weighted by Crippen LogP contribution is 2.28. The Hall–Kier alpha value is -2.24. The van der Waals surface area contributed by atoms with E-state index in [1.54, 1.807) is 23.1 Å². The highest BCUT2D eigenvalue weighted by atomic mass is 32.2. The highest BCUT2D eigenvalue weighted by molar-refractivity contribution is 7.98. The van der Waals surface area contributed by atoms with Crippen molar-refractivity contribution in [3.05, 3.63) is 48.0 Å². The molecule has 1 aliphatic rings. The molecule has 0 bridgehead atoms. The van der Waals surface area contributed by atoms with Gasteiger partial charge >= 0.3 is 0 Å². The Morgan fingerprint density at radius 1 is 1.06 bits per heavy atom. The number of hydrogen-bond donors (Lipinski definition) is 1. The van der Waals surface area contributed by atoms with Crippen LogP contribution >= 0.6 is 11.8 Å². The lowest BCUT2D eigenvalue weighted by Gasteiger charge is -2.19. The van der Waals surface area contributed by atoms with Crippen LogP contribution in [-0.4, -0.2) is 60.3 Å². The summed E-state index contributed by atoms with van der Waals surface area (Å²) in [6.45, 7) is 1.34. The van der Waals surface area contributed by atoms with Crippen LogP contribution in [0.2, 0.25) is 0 Å². The first-order chi connectivity index (χ1) is 14.5. The first-order valence-corrected chi connectivity index (χ1v) is 14.1. The number of likely N-dealkylation sites (tertiary alicyclic amines) is 1. The number of amides is 1. The summed E-state index contributed by atoms with van der Waals surface area (Å²) < 4.78 is 53.1. The molecule has 2 aromatic carbocycles. The van der Waals surface area contributed by atoms with Crippen molar-refractivity contribution < 1.29 is 21.6 Å². The Bertz CT molecular complexity index is 1190. The molecule has 1 amide bonds. The Morgan fingerprint density at radius 2 is 1.74 bits per heavy atom. The van der Waals surface area contributed by atoms with E-state index < -0.39 is 20.0 Å². The maximum absolute atomic E-state index is 13.0. The average Bonchev–Trinajstić information content (AvgIpc) is 3.26. The second-order valence-corrected chi connectivity index (χ2v) is 11.8. The van der Waals surface area contributed by atoms with Gasteiger partial charge in [0.2, 0.25) is 10.0 Å². The van der Waals surface area contributed by atoms with E-state index in [0.717, 1.165) is 23.4 Å². The number of thioether (sulfide) groups is 1. The summed E-state index contributed by atoms with van der Waals surface area (Å²) in [4.78, 5) is 15.3. The smallest absolute Gasteiger partial charge is 0.261 e. The van der Waals surface area contributed by atoms with E-state index in [9.17, 15) is 21.6 Å². The lowest BCUT2D eigenvalue weighted by atomic mass is 10.2.